The number of halogens is 1. The molecule has 0 radical (unpaired) electrons. The van der Waals surface area contributed by atoms with Crippen LogP contribution in [0.25, 0.3) is 5.57 Å². The molecule has 0 spiro atoms. The number of aryl methyl sites for hydroxylation is 1. The van der Waals surface area contributed by atoms with Gasteiger partial charge in [-0.1, -0.05) is 30.9 Å². The van der Waals surface area contributed by atoms with Crippen molar-refractivity contribution >= 4 is 27.3 Å². The number of hydrogen-bond acceptors (Lipinski definition) is 6. The minimum Gasteiger partial charge on any atom is -0.468 e. The molecule has 1 aromatic carbocycles. The Morgan fingerprint density at radius 3 is 2.34 bits per heavy atom. The number of carbonyl (C=O) groups excluding carboxylic acids is 2. The number of benzene rings is 1. The maximum atomic E-state index is 13.1. The summed E-state index contributed by atoms with van der Waals surface area (Å²) < 4.78 is 43.1. The Morgan fingerprint density at radius 2 is 1.83 bits per heavy atom. The fraction of sp³-hybridized carbons (Fsp3) is 0.320. The van der Waals surface area contributed by atoms with Gasteiger partial charge >= 0.3 is 5.97 Å². The second-order valence-electron chi connectivity index (χ2n) is 8.39. The molecule has 35 heavy (non-hydrogen) atoms. The first-order chi connectivity index (χ1) is 16.3. The van der Waals surface area contributed by atoms with Crippen molar-refractivity contribution in [1.82, 2.24) is 15.1 Å². The van der Waals surface area contributed by atoms with E-state index in [2.05, 4.69) is 21.7 Å². The van der Waals surface area contributed by atoms with Crippen molar-refractivity contribution in [3.05, 3.63) is 77.9 Å². The van der Waals surface area contributed by atoms with Gasteiger partial charge in [0.05, 0.1) is 29.6 Å². The summed E-state index contributed by atoms with van der Waals surface area (Å²) >= 11 is 0. The molecule has 1 amide bonds. The van der Waals surface area contributed by atoms with Crippen molar-refractivity contribution in [3.8, 4) is 0 Å². The minimum atomic E-state index is -4.00. The highest BCUT2D eigenvalue weighted by atomic mass is 32.2. The van der Waals surface area contributed by atoms with Crippen molar-refractivity contribution in [2.75, 3.05) is 7.11 Å². The number of aromatic nitrogens is 2. The topological polar surface area (TPSA) is 107 Å². The maximum absolute atomic E-state index is 13.1. The third-order valence-corrected chi connectivity index (χ3v) is 7.91. The number of carbonyl (C=O) groups is 2. The first kappa shape index (κ1) is 27.7. The van der Waals surface area contributed by atoms with E-state index in [4.69, 9.17) is 0 Å². The summed E-state index contributed by atoms with van der Waals surface area (Å²) in [5.41, 5.74) is 1.95. The number of esters is 1. The van der Waals surface area contributed by atoms with Gasteiger partial charge in [-0.25, -0.2) is 12.8 Å². The average molecular weight is 504 g/mol. The number of amides is 1. The van der Waals surface area contributed by atoms with Crippen molar-refractivity contribution in [1.29, 1.82) is 0 Å². The Labute approximate surface area is 205 Å². The molecule has 0 unspecified atom stereocenters. The highest BCUT2D eigenvalue weighted by molar-refractivity contribution is 7.93. The van der Waals surface area contributed by atoms with Gasteiger partial charge in [0.1, 0.15) is 5.69 Å². The maximum Gasteiger partial charge on any atom is 0.327 e. The van der Waals surface area contributed by atoms with Gasteiger partial charge in [0, 0.05) is 12.6 Å². The Balaban J connectivity index is 2.23. The normalized spacial score (nSPS) is 13.8. The van der Waals surface area contributed by atoms with Gasteiger partial charge in [0.2, 0.25) is 0 Å². The fourth-order valence-electron chi connectivity index (χ4n) is 3.22. The zero-order valence-electron chi connectivity index (χ0n) is 20.6. The lowest BCUT2D eigenvalue weighted by Gasteiger charge is -2.22. The second kappa shape index (κ2) is 10.8. The smallest absolute Gasteiger partial charge is 0.327 e. The molecule has 1 heterocycles. The van der Waals surface area contributed by atoms with E-state index in [1.165, 1.54) is 55.8 Å². The molecule has 0 fully saturated rings. The lowest BCUT2D eigenvalue weighted by molar-refractivity contribution is -0.142. The largest absolute Gasteiger partial charge is 0.468 e. The number of sulfone groups is 1. The zero-order valence-corrected chi connectivity index (χ0v) is 21.4. The lowest BCUT2D eigenvalue weighted by atomic mass is 10.1. The van der Waals surface area contributed by atoms with Gasteiger partial charge < -0.3 is 10.1 Å². The van der Waals surface area contributed by atoms with Crippen molar-refractivity contribution in [2.45, 2.75) is 43.4 Å². The molecule has 0 aliphatic heterocycles. The van der Waals surface area contributed by atoms with Crippen LogP contribution in [0.1, 0.15) is 55.5 Å². The molecule has 0 aliphatic rings. The van der Waals surface area contributed by atoms with Crippen LogP contribution in [0.15, 0.2) is 65.9 Å². The molecule has 0 saturated carbocycles. The number of hydrogen-bond donors (Lipinski definition) is 1. The molecule has 1 aromatic heterocycles. The summed E-state index contributed by atoms with van der Waals surface area (Å²) in [5.74, 6) is -1.63. The lowest BCUT2D eigenvalue weighted by Crippen LogP contribution is -2.41. The summed E-state index contributed by atoms with van der Waals surface area (Å²) in [6.07, 6.45) is 4.32. The fourth-order valence-corrected chi connectivity index (χ4v) is 4.61. The number of ether oxygens (including phenoxy) is 1. The first-order valence-corrected chi connectivity index (χ1v) is 12.2. The number of nitrogens with zero attached hydrogens (tertiary/aromatic N) is 2. The van der Waals surface area contributed by atoms with Gasteiger partial charge in [-0.3, -0.25) is 14.3 Å². The summed E-state index contributed by atoms with van der Waals surface area (Å²) in [6, 6.07) is 7.04. The van der Waals surface area contributed by atoms with Crippen LogP contribution in [0.3, 0.4) is 0 Å². The van der Waals surface area contributed by atoms with E-state index < -0.39 is 32.5 Å². The third kappa shape index (κ3) is 5.94. The van der Waals surface area contributed by atoms with E-state index in [0.29, 0.717) is 16.8 Å². The molecular formula is C25H30FN3O5S. The number of nitrogens with one attached hydrogen (secondary N) is 1. The molecule has 188 valence electrons. The van der Waals surface area contributed by atoms with Gasteiger partial charge in [-0.15, -0.1) is 0 Å². The van der Waals surface area contributed by atoms with Crippen molar-refractivity contribution in [2.24, 2.45) is 7.05 Å². The predicted molar refractivity (Wildman–Crippen MR) is 132 cm³/mol. The molecule has 2 rings (SSSR count). The molecule has 0 aliphatic carbocycles. The van der Waals surface area contributed by atoms with Gasteiger partial charge in [0.25, 0.3) is 5.91 Å². The Hall–Kier alpha value is -3.53. The highest BCUT2D eigenvalue weighted by Crippen LogP contribution is 2.28. The zero-order chi connectivity index (χ0) is 26.6. The Kier molecular flexibility index (Phi) is 8.56. The van der Waals surface area contributed by atoms with Crippen LogP contribution in [0.5, 0.6) is 0 Å². The van der Waals surface area contributed by atoms with Gasteiger partial charge in [0.15, 0.2) is 14.6 Å². The first-order valence-electron chi connectivity index (χ1n) is 10.7. The van der Waals surface area contributed by atoms with Crippen LogP contribution in [-0.2, 0) is 26.4 Å². The standard InChI is InChI=1S/C25H30FN3O5S/c1-8-18(10-9-16(2)26)21-15-22(29(6)28-21)23(30)27-17(3)19-11-13-20(14-12-19)35(32,33)25(4,5)24(31)34-7/h8-15,17H,1H2,2-7H3,(H,27,30)/b16-9+,18-10+/t17-/m1/s1. The molecule has 0 bridgehead atoms. The van der Waals surface area contributed by atoms with E-state index in [1.807, 2.05) is 0 Å². The van der Waals surface area contributed by atoms with E-state index in [-0.39, 0.29) is 16.4 Å². The molecule has 0 saturated heterocycles. The van der Waals surface area contributed by atoms with Crippen LogP contribution in [-0.4, -0.2) is 41.9 Å². The molecule has 10 heteroatoms. The average Bonchev–Trinajstić information content (AvgIpc) is 3.19. The van der Waals surface area contributed by atoms with Crippen LogP contribution >= 0.6 is 0 Å². The number of allylic oxidation sites excluding steroid dienone is 5. The molecule has 1 N–H and O–H groups in total. The van der Waals surface area contributed by atoms with Crippen LogP contribution in [0, 0.1) is 0 Å². The number of methoxy groups -OCH3 is 1. The van der Waals surface area contributed by atoms with E-state index in [0.717, 1.165) is 7.11 Å². The molecule has 8 nitrogen and oxygen atoms in total. The highest BCUT2D eigenvalue weighted by Gasteiger charge is 2.43. The summed E-state index contributed by atoms with van der Waals surface area (Å²) in [5, 5.41) is 7.15. The van der Waals surface area contributed by atoms with E-state index >= 15 is 0 Å². The van der Waals surface area contributed by atoms with Crippen molar-refractivity contribution < 1.29 is 27.1 Å². The second-order valence-corrected chi connectivity index (χ2v) is 10.9. The predicted octanol–water partition coefficient (Wildman–Crippen LogP) is 4.08. The van der Waals surface area contributed by atoms with Crippen LogP contribution in [0.4, 0.5) is 4.39 Å². The molecular weight excluding hydrogens is 473 g/mol. The third-order valence-electron chi connectivity index (χ3n) is 5.51. The van der Waals surface area contributed by atoms with Crippen LogP contribution < -0.4 is 5.32 Å². The monoisotopic (exact) mass is 503 g/mol. The van der Waals surface area contributed by atoms with Crippen molar-refractivity contribution in [3.63, 3.8) is 0 Å². The Morgan fingerprint density at radius 1 is 1.23 bits per heavy atom. The summed E-state index contributed by atoms with van der Waals surface area (Å²) in [6.45, 7) is 9.34. The Bertz CT molecular complexity index is 1280. The number of rotatable bonds is 9. The van der Waals surface area contributed by atoms with Gasteiger partial charge in [-0.05, 0) is 57.5 Å². The van der Waals surface area contributed by atoms with E-state index in [9.17, 15) is 22.4 Å². The summed E-state index contributed by atoms with van der Waals surface area (Å²) in [7, 11) is -1.25. The van der Waals surface area contributed by atoms with E-state index in [1.54, 1.807) is 32.2 Å². The SMILES string of the molecule is C=C/C(=C\C=C(/C)F)c1cc(C(=O)N[C@H](C)c2ccc(S(=O)(=O)C(C)(C)C(=O)OC)cc2)n(C)n1. The molecule has 1 atom stereocenters. The van der Waals surface area contributed by atoms with Crippen LogP contribution in [0.2, 0.25) is 0 Å². The van der Waals surface area contributed by atoms with Gasteiger partial charge in [-0.2, -0.15) is 5.10 Å². The molecule has 2 aromatic rings. The quantitative estimate of drug-likeness (QED) is 0.408. The summed E-state index contributed by atoms with van der Waals surface area (Å²) in [4.78, 5) is 24.8. The minimum absolute atomic E-state index is 0.0345.